The largest absolute Gasteiger partial charge is 0.359 e. The average Bonchev–Trinajstić information content (AvgIpc) is 2.64. The first-order valence-electron chi connectivity index (χ1n) is 9.16. The summed E-state index contributed by atoms with van der Waals surface area (Å²) in [7, 11) is 0. The molecule has 0 atom stereocenters. The second kappa shape index (κ2) is 8.92. The molecule has 4 nitrogen and oxygen atoms in total. The molecule has 5 heteroatoms. The standard InChI is InChI=1S/C21H25N3OS/c1-16(25)18-8-5-9-20(14-18)23-21(26)22-19-10-12-24(13-11-19)15-17-6-3-2-4-7-17/h2-9,14,19H,10-13,15H2,1H3,(H2,22,23,26)/p+1. The number of carbonyl (C=O) groups is 1. The van der Waals surface area contributed by atoms with Crippen LogP contribution in [-0.4, -0.2) is 30.0 Å². The zero-order valence-corrected chi connectivity index (χ0v) is 15.9. The Kier molecular flexibility index (Phi) is 6.36. The molecule has 0 saturated carbocycles. The fourth-order valence-electron chi connectivity index (χ4n) is 3.40. The zero-order valence-electron chi connectivity index (χ0n) is 15.1. The molecule has 1 aliphatic rings. The van der Waals surface area contributed by atoms with Crippen molar-refractivity contribution in [3.8, 4) is 0 Å². The number of nitrogens with one attached hydrogen (secondary N) is 3. The summed E-state index contributed by atoms with van der Waals surface area (Å²) in [5.41, 5.74) is 2.94. The number of carbonyl (C=O) groups excluding carboxylic acids is 1. The van der Waals surface area contributed by atoms with Crippen molar-refractivity contribution in [1.82, 2.24) is 5.32 Å². The van der Waals surface area contributed by atoms with E-state index < -0.39 is 0 Å². The minimum Gasteiger partial charge on any atom is -0.359 e. The van der Waals surface area contributed by atoms with Gasteiger partial charge in [-0.15, -0.1) is 0 Å². The van der Waals surface area contributed by atoms with Crippen molar-refractivity contribution in [3.63, 3.8) is 0 Å². The number of benzene rings is 2. The second-order valence-electron chi connectivity index (χ2n) is 6.92. The third-order valence-electron chi connectivity index (χ3n) is 4.85. The van der Waals surface area contributed by atoms with Gasteiger partial charge in [-0.2, -0.15) is 0 Å². The van der Waals surface area contributed by atoms with Crippen molar-refractivity contribution in [1.29, 1.82) is 0 Å². The molecule has 0 amide bonds. The minimum absolute atomic E-state index is 0.0568. The molecule has 1 heterocycles. The molecule has 2 aromatic rings. The molecule has 2 aromatic carbocycles. The van der Waals surface area contributed by atoms with Crippen LogP contribution in [0.1, 0.15) is 35.7 Å². The van der Waals surface area contributed by atoms with Crippen LogP contribution in [0.15, 0.2) is 54.6 Å². The van der Waals surface area contributed by atoms with Gasteiger partial charge in [0, 0.05) is 35.7 Å². The molecule has 0 aromatic heterocycles. The van der Waals surface area contributed by atoms with Crippen molar-refractivity contribution < 1.29 is 9.69 Å². The third-order valence-corrected chi connectivity index (χ3v) is 5.07. The molecule has 0 aliphatic carbocycles. The van der Waals surface area contributed by atoms with Gasteiger partial charge in [0.1, 0.15) is 6.54 Å². The van der Waals surface area contributed by atoms with Crippen molar-refractivity contribution in [2.24, 2.45) is 0 Å². The molecule has 3 rings (SSSR count). The van der Waals surface area contributed by atoms with Gasteiger partial charge in [-0.1, -0.05) is 42.5 Å². The Morgan fingerprint density at radius 1 is 1.12 bits per heavy atom. The highest BCUT2D eigenvalue weighted by Gasteiger charge is 2.22. The summed E-state index contributed by atoms with van der Waals surface area (Å²) in [5, 5.41) is 7.25. The second-order valence-corrected chi connectivity index (χ2v) is 7.33. The molecule has 1 fully saturated rings. The Balaban J connectivity index is 1.45. The maximum atomic E-state index is 11.5. The van der Waals surface area contributed by atoms with E-state index in [0.29, 0.717) is 16.7 Å². The average molecular weight is 369 g/mol. The monoisotopic (exact) mass is 368 g/mol. The van der Waals surface area contributed by atoms with E-state index in [-0.39, 0.29) is 5.78 Å². The number of anilines is 1. The van der Waals surface area contributed by atoms with Gasteiger partial charge in [-0.25, -0.2) is 0 Å². The van der Waals surface area contributed by atoms with Crippen molar-refractivity contribution >= 4 is 28.8 Å². The fraction of sp³-hybridized carbons (Fsp3) is 0.333. The molecule has 0 unspecified atom stereocenters. The van der Waals surface area contributed by atoms with E-state index in [4.69, 9.17) is 12.2 Å². The highest BCUT2D eigenvalue weighted by molar-refractivity contribution is 7.80. The first-order valence-corrected chi connectivity index (χ1v) is 9.57. The van der Waals surface area contributed by atoms with Crippen LogP contribution in [0.25, 0.3) is 0 Å². The maximum absolute atomic E-state index is 11.5. The SMILES string of the molecule is CC(=O)c1cccc(NC(=S)NC2CC[NH+](Cc3ccccc3)CC2)c1. The van der Waals surface area contributed by atoms with Crippen LogP contribution >= 0.6 is 12.2 Å². The van der Waals surface area contributed by atoms with Crippen LogP contribution in [0.5, 0.6) is 0 Å². The van der Waals surface area contributed by atoms with Crippen LogP contribution < -0.4 is 15.5 Å². The highest BCUT2D eigenvalue weighted by Crippen LogP contribution is 2.11. The number of thiocarbonyl (C=S) groups is 1. The zero-order chi connectivity index (χ0) is 18.4. The number of rotatable bonds is 5. The van der Waals surface area contributed by atoms with E-state index in [1.165, 1.54) is 5.56 Å². The number of quaternary nitrogens is 1. The van der Waals surface area contributed by atoms with Crippen LogP contribution in [0.4, 0.5) is 5.69 Å². The molecule has 26 heavy (non-hydrogen) atoms. The quantitative estimate of drug-likeness (QED) is 0.560. The fourth-order valence-corrected chi connectivity index (χ4v) is 3.68. The Bertz CT molecular complexity index is 755. The van der Waals surface area contributed by atoms with E-state index in [9.17, 15) is 4.79 Å². The summed E-state index contributed by atoms with van der Waals surface area (Å²) in [6.45, 7) is 4.96. The van der Waals surface area contributed by atoms with Crippen molar-refractivity contribution in [2.75, 3.05) is 18.4 Å². The van der Waals surface area contributed by atoms with Gasteiger partial charge in [-0.3, -0.25) is 4.79 Å². The molecule has 0 spiro atoms. The summed E-state index contributed by atoms with van der Waals surface area (Å²) in [4.78, 5) is 13.1. The number of ketones is 1. The predicted octanol–water partition coefficient (Wildman–Crippen LogP) is 2.42. The number of hydrogen-bond acceptors (Lipinski definition) is 2. The van der Waals surface area contributed by atoms with Crippen LogP contribution in [-0.2, 0) is 6.54 Å². The van der Waals surface area contributed by atoms with Gasteiger partial charge in [0.05, 0.1) is 13.1 Å². The van der Waals surface area contributed by atoms with Gasteiger partial charge in [0.25, 0.3) is 0 Å². The summed E-state index contributed by atoms with van der Waals surface area (Å²) in [5.74, 6) is 0.0568. The number of piperidine rings is 1. The first-order chi connectivity index (χ1) is 12.6. The summed E-state index contributed by atoms with van der Waals surface area (Å²) in [6.07, 6.45) is 2.22. The van der Waals surface area contributed by atoms with Crippen LogP contribution in [0.3, 0.4) is 0 Å². The van der Waals surface area contributed by atoms with Crippen molar-refractivity contribution in [2.45, 2.75) is 32.4 Å². The lowest BCUT2D eigenvalue weighted by atomic mass is 10.0. The van der Waals surface area contributed by atoms with Crippen molar-refractivity contribution in [3.05, 3.63) is 65.7 Å². The maximum Gasteiger partial charge on any atom is 0.171 e. The lowest BCUT2D eigenvalue weighted by Gasteiger charge is -2.30. The van der Waals surface area contributed by atoms with E-state index in [1.54, 1.807) is 11.8 Å². The van der Waals surface area contributed by atoms with Gasteiger partial charge in [0.15, 0.2) is 10.9 Å². The molecule has 136 valence electrons. The number of hydrogen-bond donors (Lipinski definition) is 3. The van der Waals surface area contributed by atoms with E-state index >= 15 is 0 Å². The Morgan fingerprint density at radius 2 is 1.85 bits per heavy atom. The predicted molar refractivity (Wildman–Crippen MR) is 110 cm³/mol. The molecule has 1 saturated heterocycles. The number of Topliss-reactive ketones (excluding diaryl/α,β-unsaturated/α-hetero) is 1. The van der Waals surface area contributed by atoms with Crippen LogP contribution in [0, 0.1) is 0 Å². The Labute approximate surface area is 160 Å². The van der Waals surface area contributed by atoms with E-state index in [1.807, 2.05) is 24.3 Å². The van der Waals surface area contributed by atoms with Gasteiger partial charge in [-0.05, 0) is 31.3 Å². The molecule has 0 radical (unpaired) electrons. The van der Waals surface area contributed by atoms with Gasteiger partial charge < -0.3 is 15.5 Å². The molecular weight excluding hydrogens is 342 g/mol. The molecule has 0 bridgehead atoms. The molecule has 1 aliphatic heterocycles. The van der Waals surface area contributed by atoms with Gasteiger partial charge >= 0.3 is 0 Å². The normalized spacial score (nSPS) is 19.6. The Morgan fingerprint density at radius 3 is 2.54 bits per heavy atom. The Hall–Kier alpha value is -2.24. The summed E-state index contributed by atoms with van der Waals surface area (Å²) in [6, 6.07) is 18.5. The highest BCUT2D eigenvalue weighted by atomic mass is 32.1. The lowest BCUT2D eigenvalue weighted by molar-refractivity contribution is -0.918. The van der Waals surface area contributed by atoms with Crippen LogP contribution in [0.2, 0.25) is 0 Å². The lowest BCUT2D eigenvalue weighted by Crippen LogP contribution is -3.12. The first kappa shape index (κ1) is 18.5. The molecular formula is C21H26N3OS+. The summed E-state index contributed by atoms with van der Waals surface area (Å²) >= 11 is 5.45. The molecule has 3 N–H and O–H groups in total. The summed E-state index contributed by atoms with van der Waals surface area (Å²) < 4.78 is 0. The number of likely N-dealkylation sites (tertiary alicyclic amines) is 1. The minimum atomic E-state index is 0.0568. The topological polar surface area (TPSA) is 45.6 Å². The van der Waals surface area contributed by atoms with E-state index in [2.05, 4.69) is 41.0 Å². The third kappa shape index (κ3) is 5.38. The smallest absolute Gasteiger partial charge is 0.171 e. The van der Waals surface area contributed by atoms with Gasteiger partial charge in [0.2, 0.25) is 0 Å². The van der Waals surface area contributed by atoms with E-state index in [0.717, 1.165) is 38.2 Å².